The van der Waals surface area contributed by atoms with E-state index in [4.69, 9.17) is 34.8 Å². The largest absolute Gasteiger partial charge is 0.437 e. The van der Waals surface area contributed by atoms with Gasteiger partial charge in [0.25, 0.3) is 0 Å². The maximum Gasteiger partial charge on any atom is 0.437 e. The standard InChI is InChI=1S/C9H4Cl3F11/c10-3(1-2-13)5(11,12)4(14)6(15,16)7(17,8(18,19)20)9(21,22)23/h1-4H. The molecule has 0 bridgehead atoms. The second-order valence-corrected chi connectivity index (χ2v) is 5.95. The molecule has 0 saturated carbocycles. The fourth-order valence-corrected chi connectivity index (χ4v) is 1.87. The summed E-state index contributed by atoms with van der Waals surface area (Å²) in [5.74, 6) is -6.84. The van der Waals surface area contributed by atoms with Crippen molar-refractivity contribution in [2.75, 3.05) is 0 Å². The van der Waals surface area contributed by atoms with Gasteiger partial charge < -0.3 is 0 Å². The van der Waals surface area contributed by atoms with E-state index >= 15 is 0 Å². The number of allylic oxidation sites excluding steroid dienone is 1. The van der Waals surface area contributed by atoms with Gasteiger partial charge in [-0.1, -0.05) is 23.2 Å². The first-order valence-corrected chi connectivity index (χ1v) is 6.21. The molecule has 0 saturated heterocycles. The summed E-state index contributed by atoms with van der Waals surface area (Å²) in [5.41, 5.74) is -7.32. The highest BCUT2D eigenvalue weighted by molar-refractivity contribution is 6.53. The molecule has 0 heterocycles. The summed E-state index contributed by atoms with van der Waals surface area (Å²) in [7, 11) is 0. The zero-order valence-corrected chi connectivity index (χ0v) is 12.4. The van der Waals surface area contributed by atoms with Gasteiger partial charge in [-0.05, 0) is 6.08 Å². The summed E-state index contributed by atoms with van der Waals surface area (Å²) < 4.78 is 135. The summed E-state index contributed by atoms with van der Waals surface area (Å²) >= 11 is 14.7. The van der Waals surface area contributed by atoms with Crippen LogP contribution in [-0.4, -0.2) is 39.8 Å². The highest BCUT2D eigenvalue weighted by Crippen LogP contribution is 2.59. The van der Waals surface area contributed by atoms with Crippen molar-refractivity contribution in [1.82, 2.24) is 0 Å². The van der Waals surface area contributed by atoms with Gasteiger partial charge in [0.2, 0.25) is 6.17 Å². The molecule has 0 aromatic heterocycles. The second-order valence-electron chi connectivity index (χ2n) is 4.03. The minimum Gasteiger partial charge on any atom is -0.237 e. The fraction of sp³-hybridized carbons (Fsp3) is 0.778. The van der Waals surface area contributed by atoms with E-state index in [9.17, 15) is 48.3 Å². The van der Waals surface area contributed by atoms with Crippen LogP contribution in [0.1, 0.15) is 0 Å². The van der Waals surface area contributed by atoms with Gasteiger partial charge in [0.15, 0.2) is 4.33 Å². The normalized spacial score (nSPS) is 18.3. The van der Waals surface area contributed by atoms with Crippen LogP contribution in [0.4, 0.5) is 48.3 Å². The van der Waals surface area contributed by atoms with Crippen molar-refractivity contribution in [2.24, 2.45) is 0 Å². The average Bonchev–Trinajstić information content (AvgIpc) is 2.33. The van der Waals surface area contributed by atoms with Gasteiger partial charge in [-0.3, -0.25) is 0 Å². The Bertz CT molecular complexity index is 425. The number of rotatable bonds is 5. The molecule has 0 nitrogen and oxygen atoms in total. The van der Waals surface area contributed by atoms with Crippen LogP contribution in [0, 0.1) is 0 Å². The third kappa shape index (κ3) is 3.76. The monoisotopic (exact) mass is 426 g/mol. The van der Waals surface area contributed by atoms with Gasteiger partial charge in [-0.2, -0.15) is 35.1 Å². The third-order valence-corrected chi connectivity index (χ3v) is 4.07. The van der Waals surface area contributed by atoms with E-state index in [1.165, 1.54) is 0 Å². The minimum absolute atomic E-state index is 0.0503. The van der Waals surface area contributed by atoms with Crippen molar-refractivity contribution >= 4 is 34.8 Å². The summed E-state index contributed by atoms with van der Waals surface area (Å²) in [6.45, 7) is 0. The molecule has 0 amide bonds. The van der Waals surface area contributed by atoms with E-state index in [2.05, 4.69) is 0 Å². The molecule has 0 radical (unpaired) electrons. The maximum atomic E-state index is 13.6. The zero-order chi connectivity index (χ0) is 19.1. The topological polar surface area (TPSA) is 0 Å². The SMILES string of the molecule is FC=CC(Cl)C(Cl)(Cl)C(F)C(F)(F)C(F)(C(F)(F)F)C(F)(F)F. The van der Waals surface area contributed by atoms with E-state index in [0.29, 0.717) is 0 Å². The highest BCUT2D eigenvalue weighted by Gasteiger charge is 2.87. The van der Waals surface area contributed by atoms with E-state index < -0.39 is 46.2 Å². The van der Waals surface area contributed by atoms with Crippen molar-refractivity contribution < 1.29 is 48.3 Å². The predicted octanol–water partition coefficient (Wildman–Crippen LogP) is 6.06. The third-order valence-electron chi connectivity index (χ3n) is 2.51. The lowest BCUT2D eigenvalue weighted by Gasteiger charge is -2.40. The molecule has 0 aliphatic heterocycles. The molecular weight excluding hydrogens is 423 g/mol. The van der Waals surface area contributed by atoms with Gasteiger partial charge in [0, 0.05) is 0 Å². The van der Waals surface area contributed by atoms with Crippen LogP contribution in [-0.2, 0) is 0 Å². The summed E-state index contributed by atoms with van der Waals surface area (Å²) in [5, 5.41) is -2.55. The van der Waals surface area contributed by atoms with E-state index in [-0.39, 0.29) is 6.08 Å². The minimum atomic E-state index is -7.32. The van der Waals surface area contributed by atoms with Gasteiger partial charge in [-0.25, -0.2) is 13.2 Å². The second kappa shape index (κ2) is 6.62. The lowest BCUT2D eigenvalue weighted by atomic mass is 9.89. The van der Waals surface area contributed by atoms with Crippen molar-refractivity contribution in [1.29, 1.82) is 0 Å². The van der Waals surface area contributed by atoms with E-state index in [0.717, 1.165) is 0 Å². The molecule has 23 heavy (non-hydrogen) atoms. The summed E-state index contributed by atoms with van der Waals surface area (Å²) in [6.07, 6.45) is -20.0. The number of alkyl halides is 13. The molecule has 14 heteroatoms. The number of hydrogen-bond acceptors (Lipinski definition) is 0. The summed E-state index contributed by atoms with van der Waals surface area (Å²) in [4.78, 5) is 0. The van der Waals surface area contributed by atoms with Crippen molar-refractivity contribution in [3.63, 3.8) is 0 Å². The van der Waals surface area contributed by atoms with Crippen LogP contribution in [0.15, 0.2) is 12.4 Å². The number of hydrogen-bond donors (Lipinski definition) is 0. The molecule has 2 unspecified atom stereocenters. The quantitative estimate of drug-likeness (QED) is 0.370. The van der Waals surface area contributed by atoms with Crippen LogP contribution in [0.3, 0.4) is 0 Å². The van der Waals surface area contributed by atoms with Crippen molar-refractivity contribution in [3.05, 3.63) is 12.4 Å². The molecule has 0 aliphatic rings. The molecule has 0 spiro atoms. The molecule has 138 valence electrons. The van der Waals surface area contributed by atoms with Gasteiger partial charge in [0.1, 0.15) is 0 Å². The van der Waals surface area contributed by atoms with Gasteiger partial charge in [0.05, 0.1) is 11.7 Å². The average molecular weight is 427 g/mol. The first-order chi connectivity index (χ1) is 9.89. The fourth-order valence-electron chi connectivity index (χ4n) is 1.29. The Kier molecular flexibility index (Phi) is 6.58. The van der Waals surface area contributed by atoms with Crippen LogP contribution in [0.25, 0.3) is 0 Å². The Labute approximate surface area is 136 Å². The lowest BCUT2D eigenvalue weighted by Crippen LogP contribution is -2.70. The van der Waals surface area contributed by atoms with Crippen LogP contribution >= 0.6 is 34.8 Å². The molecule has 0 rings (SSSR count). The van der Waals surface area contributed by atoms with E-state index in [1.807, 2.05) is 0 Å². The Balaban J connectivity index is 6.21. The molecule has 2 atom stereocenters. The maximum absolute atomic E-state index is 13.6. The molecule has 0 aromatic rings. The summed E-state index contributed by atoms with van der Waals surface area (Å²) in [6, 6.07) is 0. The van der Waals surface area contributed by atoms with Crippen LogP contribution < -0.4 is 0 Å². The van der Waals surface area contributed by atoms with Crippen molar-refractivity contribution in [2.45, 2.75) is 39.8 Å². The Morgan fingerprint density at radius 1 is 0.783 bits per heavy atom. The lowest BCUT2D eigenvalue weighted by molar-refractivity contribution is -0.405. The highest BCUT2D eigenvalue weighted by atomic mass is 35.5. The van der Waals surface area contributed by atoms with E-state index in [1.54, 1.807) is 0 Å². The smallest absolute Gasteiger partial charge is 0.237 e. The molecule has 0 aliphatic carbocycles. The van der Waals surface area contributed by atoms with Gasteiger partial charge in [-0.15, -0.1) is 11.6 Å². The first-order valence-electron chi connectivity index (χ1n) is 5.02. The first kappa shape index (κ1) is 22.8. The molecule has 0 N–H and O–H groups in total. The molecule has 0 fully saturated rings. The Morgan fingerprint density at radius 2 is 1.13 bits per heavy atom. The zero-order valence-electron chi connectivity index (χ0n) is 10.1. The predicted molar refractivity (Wildman–Crippen MR) is 60.1 cm³/mol. The molecule has 0 aromatic carbocycles. The van der Waals surface area contributed by atoms with Crippen molar-refractivity contribution in [3.8, 4) is 0 Å². The Morgan fingerprint density at radius 3 is 1.39 bits per heavy atom. The Hall–Kier alpha value is -0.160. The van der Waals surface area contributed by atoms with Crippen LogP contribution in [0.2, 0.25) is 0 Å². The van der Waals surface area contributed by atoms with Crippen LogP contribution in [0.5, 0.6) is 0 Å². The van der Waals surface area contributed by atoms with Gasteiger partial charge >= 0.3 is 23.9 Å². The number of halogens is 14. The molecular formula is C9H4Cl3F11.